The van der Waals surface area contributed by atoms with Gasteiger partial charge in [0.1, 0.15) is 12.1 Å². The summed E-state index contributed by atoms with van der Waals surface area (Å²) in [5.41, 5.74) is 4.01. The molecule has 1 amide bonds. The third-order valence-corrected chi connectivity index (χ3v) is 6.02. The van der Waals surface area contributed by atoms with E-state index < -0.39 is 0 Å². The van der Waals surface area contributed by atoms with Gasteiger partial charge < -0.3 is 9.64 Å². The molecule has 176 valence electrons. The van der Waals surface area contributed by atoms with Crippen molar-refractivity contribution in [3.05, 3.63) is 90.0 Å². The highest BCUT2D eigenvalue weighted by molar-refractivity contribution is 5.94. The summed E-state index contributed by atoms with van der Waals surface area (Å²) in [5, 5.41) is 0. The third-order valence-electron chi connectivity index (χ3n) is 6.02. The van der Waals surface area contributed by atoms with E-state index in [4.69, 9.17) is 9.72 Å². The van der Waals surface area contributed by atoms with Crippen LogP contribution in [0.5, 0.6) is 11.6 Å². The molecule has 1 fully saturated rings. The van der Waals surface area contributed by atoms with Gasteiger partial charge in [0, 0.05) is 42.5 Å². The Balaban J connectivity index is 1.39. The lowest BCUT2D eigenvalue weighted by Gasteiger charge is -2.35. The predicted molar refractivity (Wildman–Crippen MR) is 131 cm³/mol. The highest BCUT2D eigenvalue weighted by Crippen LogP contribution is 2.32. The van der Waals surface area contributed by atoms with Crippen LogP contribution in [0.3, 0.4) is 0 Å². The lowest BCUT2D eigenvalue weighted by molar-refractivity contribution is 0.0598. The molecule has 1 saturated heterocycles. The standard InChI is InChI=1S/C27H26N6O2/c1-18-6-9-22(10-7-18)35-25-13-19(2)31-26(32-25)24-5-3-4-12-33(24)27(34)20-8-11-23(30-16-20)21-14-28-17-29-15-21/h6-11,13-17,24H,3-5,12H2,1-2H3/t24-/m0/s1. The number of rotatable bonds is 5. The molecule has 0 spiro atoms. The Bertz CT molecular complexity index is 1310. The molecule has 0 radical (unpaired) electrons. The first-order valence-electron chi connectivity index (χ1n) is 11.7. The van der Waals surface area contributed by atoms with Gasteiger partial charge in [0.2, 0.25) is 5.88 Å². The van der Waals surface area contributed by atoms with E-state index in [9.17, 15) is 4.79 Å². The quantitative estimate of drug-likeness (QED) is 0.404. The van der Waals surface area contributed by atoms with Crippen LogP contribution in [0, 0.1) is 13.8 Å². The Labute approximate surface area is 204 Å². The van der Waals surface area contributed by atoms with Crippen LogP contribution in [0.4, 0.5) is 0 Å². The van der Waals surface area contributed by atoms with Crippen molar-refractivity contribution in [1.29, 1.82) is 0 Å². The molecule has 1 aliphatic rings. The monoisotopic (exact) mass is 466 g/mol. The van der Waals surface area contributed by atoms with Gasteiger partial charge in [0.25, 0.3) is 5.91 Å². The van der Waals surface area contributed by atoms with Crippen LogP contribution in [0.25, 0.3) is 11.3 Å². The third kappa shape index (κ3) is 5.16. The van der Waals surface area contributed by atoms with Crippen LogP contribution in [-0.4, -0.2) is 42.3 Å². The van der Waals surface area contributed by atoms with E-state index in [1.807, 2.05) is 55.1 Å². The molecular weight excluding hydrogens is 440 g/mol. The van der Waals surface area contributed by atoms with Crippen molar-refractivity contribution in [3.63, 3.8) is 0 Å². The summed E-state index contributed by atoms with van der Waals surface area (Å²) in [5.74, 6) is 1.71. The number of hydrogen-bond donors (Lipinski definition) is 0. The van der Waals surface area contributed by atoms with Crippen LogP contribution < -0.4 is 4.74 Å². The van der Waals surface area contributed by atoms with Crippen LogP contribution in [0.15, 0.2) is 67.4 Å². The molecule has 0 aliphatic carbocycles. The highest BCUT2D eigenvalue weighted by atomic mass is 16.5. The minimum Gasteiger partial charge on any atom is -0.439 e. The lowest BCUT2D eigenvalue weighted by atomic mass is 10.00. The maximum Gasteiger partial charge on any atom is 0.256 e. The molecule has 5 rings (SSSR count). The molecule has 4 aromatic rings. The fourth-order valence-electron chi connectivity index (χ4n) is 4.22. The molecule has 0 bridgehead atoms. The van der Waals surface area contributed by atoms with Crippen molar-refractivity contribution in [2.45, 2.75) is 39.2 Å². The lowest BCUT2D eigenvalue weighted by Crippen LogP contribution is -2.39. The van der Waals surface area contributed by atoms with E-state index in [0.717, 1.165) is 41.8 Å². The van der Waals surface area contributed by atoms with E-state index in [-0.39, 0.29) is 11.9 Å². The smallest absolute Gasteiger partial charge is 0.256 e. The number of likely N-dealkylation sites (tertiary alicyclic amines) is 1. The van der Waals surface area contributed by atoms with Crippen LogP contribution >= 0.6 is 0 Å². The topological polar surface area (TPSA) is 94.0 Å². The fourth-order valence-corrected chi connectivity index (χ4v) is 4.22. The number of piperidine rings is 1. The van der Waals surface area contributed by atoms with Gasteiger partial charge in [-0.1, -0.05) is 17.7 Å². The van der Waals surface area contributed by atoms with Gasteiger partial charge >= 0.3 is 0 Å². The molecule has 0 unspecified atom stereocenters. The Morgan fingerprint density at radius 2 is 1.77 bits per heavy atom. The van der Waals surface area contributed by atoms with Crippen molar-refractivity contribution in [3.8, 4) is 22.9 Å². The van der Waals surface area contributed by atoms with E-state index in [0.29, 0.717) is 29.6 Å². The van der Waals surface area contributed by atoms with Gasteiger partial charge in [0.15, 0.2) is 5.82 Å². The summed E-state index contributed by atoms with van der Waals surface area (Å²) in [4.78, 5) is 37.3. The van der Waals surface area contributed by atoms with Gasteiger partial charge in [-0.05, 0) is 57.4 Å². The van der Waals surface area contributed by atoms with Crippen molar-refractivity contribution in [2.75, 3.05) is 6.54 Å². The van der Waals surface area contributed by atoms with Gasteiger partial charge in [0.05, 0.1) is 17.3 Å². The van der Waals surface area contributed by atoms with E-state index in [2.05, 4.69) is 19.9 Å². The van der Waals surface area contributed by atoms with Gasteiger partial charge in [-0.3, -0.25) is 9.78 Å². The zero-order valence-corrected chi connectivity index (χ0v) is 19.8. The zero-order chi connectivity index (χ0) is 24.2. The summed E-state index contributed by atoms with van der Waals surface area (Å²) in [7, 11) is 0. The largest absolute Gasteiger partial charge is 0.439 e. The minimum absolute atomic E-state index is 0.0795. The van der Waals surface area contributed by atoms with E-state index >= 15 is 0 Å². The SMILES string of the molecule is Cc1ccc(Oc2cc(C)nc([C@@H]3CCCCN3C(=O)c3ccc(-c4cncnc4)nc3)n2)cc1. The summed E-state index contributed by atoms with van der Waals surface area (Å²) in [6.07, 6.45) is 9.22. The van der Waals surface area contributed by atoms with Crippen molar-refractivity contribution in [2.24, 2.45) is 0 Å². The first kappa shape index (κ1) is 22.6. The molecule has 0 saturated carbocycles. The maximum absolute atomic E-state index is 13.5. The van der Waals surface area contributed by atoms with Crippen LogP contribution in [0.2, 0.25) is 0 Å². The Kier molecular flexibility index (Phi) is 6.43. The first-order chi connectivity index (χ1) is 17.1. The average Bonchev–Trinajstić information content (AvgIpc) is 2.90. The normalized spacial score (nSPS) is 15.6. The van der Waals surface area contributed by atoms with E-state index in [1.54, 1.807) is 24.7 Å². The molecule has 8 heteroatoms. The summed E-state index contributed by atoms with van der Waals surface area (Å²) in [6, 6.07) is 13.0. The highest BCUT2D eigenvalue weighted by Gasteiger charge is 2.31. The number of aryl methyl sites for hydroxylation is 2. The number of amides is 1. The number of aromatic nitrogens is 5. The van der Waals surface area contributed by atoms with Crippen molar-refractivity contribution < 1.29 is 9.53 Å². The zero-order valence-electron chi connectivity index (χ0n) is 19.8. The van der Waals surface area contributed by atoms with Crippen LogP contribution in [0.1, 0.15) is 52.7 Å². The molecule has 1 aromatic carbocycles. The molecule has 1 atom stereocenters. The van der Waals surface area contributed by atoms with Crippen molar-refractivity contribution >= 4 is 5.91 Å². The Morgan fingerprint density at radius 3 is 2.51 bits per heavy atom. The second-order valence-electron chi connectivity index (χ2n) is 8.69. The predicted octanol–water partition coefficient (Wildman–Crippen LogP) is 5.11. The number of benzene rings is 1. The Morgan fingerprint density at radius 1 is 0.971 bits per heavy atom. The Hall–Kier alpha value is -4.20. The summed E-state index contributed by atoms with van der Waals surface area (Å²) < 4.78 is 6.01. The average molecular weight is 467 g/mol. The first-order valence-corrected chi connectivity index (χ1v) is 11.7. The number of hydrogen-bond acceptors (Lipinski definition) is 7. The molecule has 3 aromatic heterocycles. The molecule has 4 heterocycles. The summed E-state index contributed by atoms with van der Waals surface area (Å²) >= 11 is 0. The van der Waals surface area contributed by atoms with Gasteiger partial charge in [-0.25, -0.2) is 15.0 Å². The fraction of sp³-hybridized carbons (Fsp3) is 0.259. The number of pyridine rings is 1. The number of carbonyl (C=O) groups is 1. The maximum atomic E-state index is 13.5. The van der Waals surface area contributed by atoms with Crippen LogP contribution in [-0.2, 0) is 0 Å². The molecule has 0 N–H and O–H groups in total. The molecule has 1 aliphatic heterocycles. The minimum atomic E-state index is -0.223. The van der Waals surface area contributed by atoms with Crippen molar-refractivity contribution in [1.82, 2.24) is 29.8 Å². The molecular formula is C27H26N6O2. The number of nitrogens with zero attached hydrogens (tertiary/aromatic N) is 6. The summed E-state index contributed by atoms with van der Waals surface area (Å²) in [6.45, 7) is 4.59. The van der Waals surface area contributed by atoms with Gasteiger partial charge in [-0.15, -0.1) is 0 Å². The number of carbonyl (C=O) groups excluding carboxylic acids is 1. The second-order valence-corrected chi connectivity index (χ2v) is 8.69. The molecule has 8 nitrogen and oxygen atoms in total. The second kappa shape index (κ2) is 9.97. The molecule has 35 heavy (non-hydrogen) atoms. The van der Waals surface area contributed by atoms with Gasteiger partial charge in [-0.2, -0.15) is 4.98 Å². The number of ether oxygens (including phenoxy) is 1. The van der Waals surface area contributed by atoms with E-state index in [1.165, 1.54) is 6.33 Å².